The minimum Gasteiger partial charge on any atom is -0.478 e. The van der Waals surface area contributed by atoms with Crippen molar-refractivity contribution in [3.8, 4) is 0 Å². The van der Waals surface area contributed by atoms with Crippen LogP contribution in [0.25, 0.3) is 5.52 Å². The van der Waals surface area contributed by atoms with E-state index < -0.39 is 11.9 Å². The molecule has 0 aliphatic heterocycles. The van der Waals surface area contributed by atoms with E-state index in [0.29, 0.717) is 12.2 Å². The molecule has 6 nitrogen and oxygen atoms in total. The monoisotopic (exact) mass is 346 g/mol. The van der Waals surface area contributed by atoms with E-state index in [0.717, 1.165) is 26.1 Å². The van der Waals surface area contributed by atoms with Crippen molar-refractivity contribution >= 4 is 17.5 Å². The molecule has 0 radical (unpaired) electrons. The Balaban J connectivity index is 0.000000333. The third-order valence-electron chi connectivity index (χ3n) is 3.95. The zero-order valence-corrected chi connectivity index (χ0v) is 15.0. The van der Waals surface area contributed by atoms with Crippen LogP contribution in [0.1, 0.15) is 25.0 Å². The number of nitrogens with zero attached hydrogens (tertiary/aromatic N) is 2. The maximum atomic E-state index is 9.55. The molecule has 0 bridgehead atoms. The first-order chi connectivity index (χ1) is 11.9. The average Bonchev–Trinajstić information content (AvgIpc) is 2.90. The first-order valence-corrected chi connectivity index (χ1v) is 8.30. The minimum absolute atomic E-state index is 0.558. The van der Waals surface area contributed by atoms with Crippen molar-refractivity contribution in [2.45, 2.75) is 27.2 Å². The van der Waals surface area contributed by atoms with E-state index in [4.69, 9.17) is 10.2 Å². The number of aromatic nitrogens is 1. The molecule has 0 spiro atoms. The highest BCUT2D eigenvalue weighted by Crippen LogP contribution is 2.18. The van der Waals surface area contributed by atoms with E-state index in [-0.39, 0.29) is 0 Å². The van der Waals surface area contributed by atoms with Crippen molar-refractivity contribution in [3.05, 3.63) is 53.9 Å². The molecule has 0 aliphatic carbocycles. The van der Waals surface area contributed by atoms with Crippen LogP contribution in [0.2, 0.25) is 0 Å². The van der Waals surface area contributed by atoms with Crippen molar-refractivity contribution in [2.75, 3.05) is 19.6 Å². The summed E-state index contributed by atoms with van der Waals surface area (Å²) in [6, 6.07) is 6.42. The molecule has 0 aliphatic rings. The number of aliphatic carboxylic acids is 2. The molecule has 136 valence electrons. The molecule has 2 aromatic heterocycles. The van der Waals surface area contributed by atoms with E-state index in [1.165, 1.54) is 16.6 Å². The topological polar surface area (TPSA) is 82.2 Å². The van der Waals surface area contributed by atoms with Crippen molar-refractivity contribution in [1.29, 1.82) is 0 Å². The second-order valence-electron chi connectivity index (χ2n) is 5.57. The number of carboxylic acids is 2. The highest BCUT2D eigenvalue weighted by Gasteiger charge is 2.08. The SMILES string of the molecule is CCN(CC)CCc1c(C)cn2ccccc12.O=C(O)/C=C\C(=O)O. The van der Waals surface area contributed by atoms with Crippen LogP contribution in [0.5, 0.6) is 0 Å². The highest BCUT2D eigenvalue weighted by molar-refractivity contribution is 5.89. The fraction of sp³-hybridized carbons (Fsp3) is 0.368. The van der Waals surface area contributed by atoms with Crippen LogP contribution in [-0.4, -0.2) is 51.1 Å². The van der Waals surface area contributed by atoms with E-state index in [1.807, 2.05) is 0 Å². The molecule has 0 saturated heterocycles. The van der Waals surface area contributed by atoms with Crippen molar-refractivity contribution in [2.24, 2.45) is 0 Å². The van der Waals surface area contributed by atoms with Gasteiger partial charge in [0, 0.05) is 36.6 Å². The summed E-state index contributed by atoms with van der Waals surface area (Å²) in [6.07, 6.45) is 6.62. The summed E-state index contributed by atoms with van der Waals surface area (Å²) in [4.78, 5) is 21.6. The number of hydrogen-bond acceptors (Lipinski definition) is 3. The summed E-state index contributed by atoms with van der Waals surface area (Å²) in [5, 5.41) is 15.6. The van der Waals surface area contributed by atoms with Gasteiger partial charge in [0.25, 0.3) is 0 Å². The van der Waals surface area contributed by atoms with Gasteiger partial charge in [0.05, 0.1) is 0 Å². The van der Waals surface area contributed by atoms with Gasteiger partial charge < -0.3 is 19.5 Å². The van der Waals surface area contributed by atoms with Gasteiger partial charge in [-0.2, -0.15) is 0 Å². The number of carbonyl (C=O) groups is 2. The number of pyridine rings is 1. The number of rotatable bonds is 7. The van der Waals surface area contributed by atoms with Crippen molar-refractivity contribution in [3.63, 3.8) is 0 Å². The van der Waals surface area contributed by atoms with E-state index in [2.05, 4.69) is 60.7 Å². The van der Waals surface area contributed by atoms with Gasteiger partial charge in [-0.05, 0) is 49.7 Å². The van der Waals surface area contributed by atoms with E-state index in [9.17, 15) is 9.59 Å². The minimum atomic E-state index is -1.26. The summed E-state index contributed by atoms with van der Waals surface area (Å²) >= 11 is 0. The predicted octanol–water partition coefficient (Wildman–Crippen LogP) is 2.84. The Morgan fingerprint density at radius 1 is 1.12 bits per heavy atom. The average molecular weight is 346 g/mol. The molecule has 2 rings (SSSR count). The first-order valence-electron chi connectivity index (χ1n) is 8.30. The van der Waals surface area contributed by atoms with Gasteiger partial charge in [-0.3, -0.25) is 0 Å². The summed E-state index contributed by atoms with van der Waals surface area (Å²) in [5.74, 6) is -2.51. The van der Waals surface area contributed by atoms with Crippen LogP contribution in [0, 0.1) is 6.92 Å². The fourth-order valence-electron chi connectivity index (χ4n) is 2.59. The molecule has 0 atom stereocenters. The molecule has 0 saturated carbocycles. The Morgan fingerprint density at radius 3 is 2.24 bits per heavy atom. The molecule has 0 amide bonds. The van der Waals surface area contributed by atoms with Gasteiger partial charge in [-0.15, -0.1) is 0 Å². The molecular weight excluding hydrogens is 320 g/mol. The summed E-state index contributed by atoms with van der Waals surface area (Å²) in [6.45, 7) is 10.1. The largest absolute Gasteiger partial charge is 0.478 e. The number of likely N-dealkylation sites (N-methyl/N-ethyl adjacent to an activating group) is 1. The molecule has 0 aromatic carbocycles. The van der Waals surface area contributed by atoms with Gasteiger partial charge in [-0.1, -0.05) is 19.9 Å². The first kappa shape index (κ1) is 20.4. The summed E-state index contributed by atoms with van der Waals surface area (Å²) in [5.41, 5.74) is 4.26. The Kier molecular flexibility index (Phi) is 8.43. The highest BCUT2D eigenvalue weighted by atomic mass is 16.4. The maximum absolute atomic E-state index is 9.55. The molecule has 25 heavy (non-hydrogen) atoms. The Bertz CT molecular complexity index is 714. The Morgan fingerprint density at radius 2 is 1.72 bits per heavy atom. The third kappa shape index (κ3) is 6.81. The second-order valence-corrected chi connectivity index (χ2v) is 5.57. The molecule has 2 heterocycles. The zero-order chi connectivity index (χ0) is 18.8. The maximum Gasteiger partial charge on any atom is 0.328 e. The van der Waals surface area contributed by atoms with Crippen LogP contribution in [-0.2, 0) is 16.0 Å². The lowest BCUT2D eigenvalue weighted by atomic mass is 10.1. The smallest absolute Gasteiger partial charge is 0.328 e. The molecule has 6 heteroatoms. The molecular formula is C19H26N2O4. The molecule has 0 unspecified atom stereocenters. The quantitative estimate of drug-likeness (QED) is 0.753. The standard InChI is InChI=1S/C15H22N2.C4H4O4/c1-4-16(5-2)11-9-14-13(3)12-17-10-7-6-8-15(14)17;5-3(6)1-2-4(7)8/h6-8,10,12H,4-5,9,11H2,1-3H3;1-2H,(H,5,6)(H,7,8)/b;2-1-. The molecule has 2 N–H and O–H groups in total. The predicted molar refractivity (Wildman–Crippen MR) is 98.0 cm³/mol. The number of fused-ring (bicyclic) bond motifs is 1. The number of hydrogen-bond donors (Lipinski definition) is 2. The lowest BCUT2D eigenvalue weighted by molar-refractivity contribution is -0.134. The number of carboxylic acid groups (broad SMARTS) is 2. The van der Waals surface area contributed by atoms with E-state index in [1.54, 1.807) is 0 Å². The third-order valence-corrected chi connectivity index (χ3v) is 3.95. The number of aryl methyl sites for hydroxylation is 1. The van der Waals surface area contributed by atoms with Crippen LogP contribution in [0.4, 0.5) is 0 Å². The zero-order valence-electron chi connectivity index (χ0n) is 15.0. The lowest BCUT2D eigenvalue weighted by Gasteiger charge is -2.17. The van der Waals surface area contributed by atoms with Gasteiger partial charge >= 0.3 is 11.9 Å². The fourth-order valence-corrected chi connectivity index (χ4v) is 2.59. The van der Waals surface area contributed by atoms with Crippen LogP contribution < -0.4 is 0 Å². The van der Waals surface area contributed by atoms with Crippen molar-refractivity contribution in [1.82, 2.24) is 9.30 Å². The summed E-state index contributed by atoms with van der Waals surface area (Å²) < 4.78 is 2.23. The Labute approximate surface area is 148 Å². The summed E-state index contributed by atoms with van der Waals surface area (Å²) in [7, 11) is 0. The van der Waals surface area contributed by atoms with E-state index >= 15 is 0 Å². The molecule has 0 fully saturated rings. The lowest BCUT2D eigenvalue weighted by Crippen LogP contribution is -2.25. The van der Waals surface area contributed by atoms with Crippen molar-refractivity contribution < 1.29 is 19.8 Å². The van der Waals surface area contributed by atoms with Crippen LogP contribution in [0.3, 0.4) is 0 Å². The second kappa shape index (κ2) is 10.3. The molecule has 2 aromatic rings. The van der Waals surface area contributed by atoms with Crippen LogP contribution >= 0.6 is 0 Å². The van der Waals surface area contributed by atoms with Gasteiger partial charge in [0.1, 0.15) is 0 Å². The van der Waals surface area contributed by atoms with Gasteiger partial charge in [0.15, 0.2) is 0 Å². The van der Waals surface area contributed by atoms with Gasteiger partial charge in [0.2, 0.25) is 0 Å². The normalized spacial score (nSPS) is 10.9. The van der Waals surface area contributed by atoms with Crippen LogP contribution in [0.15, 0.2) is 42.7 Å². The van der Waals surface area contributed by atoms with Gasteiger partial charge in [-0.25, -0.2) is 9.59 Å². The Hall–Kier alpha value is -2.60.